The van der Waals surface area contributed by atoms with Crippen LogP contribution < -0.4 is 14.8 Å². The summed E-state index contributed by atoms with van der Waals surface area (Å²) in [6.07, 6.45) is -4.64. The van der Waals surface area contributed by atoms with Crippen molar-refractivity contribution in [3.8, 4) is 11.5 Å². The average Bonchev–Trinajstić information content (AvgIpc) is 2.55. The predicted molar refractivity (Wildman–Crippen MR) is 84.0 cm³/mol. The molecular formula is C16H13ClF3NO3. The van der Waals surface area contributed by atoms with Crippen LogP contribution in [0.3, 0.4) is 0 Å². The molecule has 2 rings (SSSR count). The molecule has 0 atom stereocenters. The van der Waals surface area contributed by atoms with Gasteiger partial charge in [-0.25, -0.2) is 0 Å². The number of halogens is 4. The predicted octanol–water partition coefficient (Wildman–Crippen LogP) is 4.63. The van der Waals surface area contributed by atoms with Gasteiger partial charge in [-0.05, 0) is 12.1 Å². The maximum absolute atomic E-state index is 13.0. The molecule has 2 aromatic rings. The van der Waals surface area contributed by atoms with Crippen LogP contribution in [0, 0.1) is 0 Å². The highest BCUT2D eigenvalue weighted by atomic mass is 35.5. The van der Waals surface area contributed by atoms with Crippen LogP contribution in [0.4, 0.5) is 18.9 Å². The maximum Gasteiger partial charge on any atom is 0.417 e. The Morgan fingerprint density at radius 2 is 1.67 bits per heavy atom. The summed E-state index contributed by atoms with van der Waals surface area (Å²) in [5.41, 5.74) is -1.42. The lowest BCUT2D eigenvalue weighted by molar-refractivity contribution is -0.137. The van der Waals surface area contributed by atoms with Gasteiger partial charge in [0.05, 0.1) is 36.1 Å². The lowest BCUT2D eigenvalue weighted by Gasteiger charge is -2.15. The highest BCUT2D eigenvalue weighted by Gasteiger charge is 2.35. The number of carbonyl (C=O) groups is 1. The molecule has 1 N–H and O–H groups in total. The molecule has 0 saturated carbocycles. The number of anilines is 1. The maximum atomic E-state index is 13.0. The summed E-state index contributed by atoms with van der Waals surface area (Å²) in [6, 6.07) is 7.25. The molecule has 0 unspecified atom stereocenters. The van der Waals surface area contributed by atoms with E-state index in [1.165, 1.54) is 38.5 Å². The Bertz CT molecular complexity index is 763. The summed E-state index contributed by atoms with van der Waals surface area (Å²) in [6.45, 7) is 0. The molecule has 0 aliphatic heterocycles. The molecule has 0 aliphatic rings. The van der Waals surface area contributed by atoms with Gasteiger partial charge in [-0.3, -0.25) is 4.79 Å². The van der Waals surface area contributed by atoms with Crippen molar-refractivity contribution in [1.82, 2.24) is 0 Å². The molecule has 0 saturated heterocycles. The number of amides is 1. The molecular weight excluding hydrogens is 347 g/mol. The Balaban J connectivity index is 2.38. The second-order valence-corrected chi connectivity index (χ2v) is 5.09. The second kappa shape index (κ2) is 7.00. The Labute approximate surface area is 141 Å². The molecule has 1 amide bonds. The van der Waals surface area contributed by atoms with Crippen LogP contribution in [0.2, 0.25) is 5.02 Å². The quantitative estimate of drug-likeness (QED) is 0.866. The molecule has 0 bridgehead atoms. The first-order chi connectivity index (χ1) is 11.3. The summed E-state index contributed by atoms with van der Waals surface area (Å²) in [5, 5.41) is 2.46. The van der Waals surface area contributed by atoms with E-state index in [0.29, 0.717) is 5.75 Å². The van der Waals surface area contributed by atoms with Gasteiger partial charge in [0.2, 0.25) is 0 Å². The molecule has 24 heavy (non-hydrogen) atoms. The fraction of sp³-hybridized carbons (Fsp3) is 0.188. The molecule has 0 spiro atoms. The van der Waals surface area contributed by atoms with E-state index >= 15 is 0 Å². The first-order valence-corrected chi connectivity index (χ1v) is 7.04. The van der Waals surface area contributed by atoms with Crippen LogP contribution in [0.25, 0.3) is 0 Å². The molecule has 0 fully saturated rings. The number of nitrogens with one attached hydrogen (secondary N) is 1. The van der Waals surface area contributed by atoms with E-state index in [4.69, 9.17) is 21.1 Å². The largest absolute Gasteiger partial charge is 0.493 e. The highest BCUT2D eigenvalue weighted by Crippen LogP contribution is 2.37. The van der Waals surface area contributed by atoms with Crippen LogP contribution in [0.15, 0.2) is 36.4 Å². The molecule has 4 nitrogen and oxygen atoms in total. The minimum absolute atomic E-state index is 0.102. The molecule has 0 heterocycles. The van der Waals surface area contributed by atoms with E-state index in [2.05, 4.69) is 5.32 Å². The Morgan fingerprint density at radius 1 is 1.08 bits per heavy atom. The van der Waals surface area contributed by atoms with Crippen molar-refractivity contribution in [2.45, 2.75) is 6.18 Å². The lowest BCUT2D eigenvalue weighted by atomic mass is 10.1. The van der Waals surface area contributed by atoms with E-state index in [0.717, 1.165) is 12.1 Å². The fourth-order valence-corrected chi connectivity index (χ4v) is 2.27. The minimum Gasteiger partial charge on any atom is -0.493 e. The Morgan fingerprint density at radius 3 is 2.25 bits per heavy atom. The topological polar surface area (TPSA) is 47.6 Å². The number of hydrogen-bond donors (Lipinski definition) is 1. The second-order valence-electron chi connectivity index (χ2n) is 4.68. The molecule has 128 valence electrons. The van der Waals surface area contributed by atoms with Crippen molar-refractivity contribution < 1.29 is 27.4 Å². The van der Waals surface area contributed by atoms with Crippen molar-refractivity contribution >= 4 is 23.2 Å². The fourth-order valence-electron chi connectivity index (χ4n) is 2.07. The minimum atomic E-state index is -4.64. The third-order valence-electron chi connectivity index (χ3n) is 3.20. The van der Waals surface area contributed by atoms with E-state index in [1.807, 2.05) is 0 Å². The molecule has 8 heteroatoms. The number of methoxy groups -OCH3 is 2. The van der Waals surface area contributed by atoms with Crippen molar-refractivity contribution in [2.24, 2.45) is 0 Å². The zero-order valence-electron chi connectivity index (χ0n) is 12.7. The third-order valence-corrected chi connectivity index (χ3v) is 3.51. The Hall–Kier alpha value is -2.41. The van der Waals surface area contributed by atoms with Crippen LogP contribution in [0.1, 0.15) is 15.9 Å². The number of carbonyl (C=O) groups excluding carboxylic acids is 1. The van der Waals surface area contributed by atoms with Crippen LogP contribution in [-0.2, 0) is 6.18 Å². The van der Waals surface area contributed by atoms with Gasteiger partial charge < -0.3 is 14.8 Å². The average molecular weight is 360 g/mol. The summed E-state index contributed by atoms with van der Waals surface area (Å²) in [7, 11) is 2.79. The number of rotatable bonds is 4. The summed E-state index contributed by atoms with van der Waals surface area (Å²) < 4.78 is 49.1. The highest BCUT2D eigenvalue weighted by molar-refractivity contribution is 6.34. The van der Waals surface area contributed by atoms with Gasteiger partial charge in [-0.1, -0.05) is 23.7 Å². The molecule has 0 aliphatic carbocycles. The van der Waals surface area contributed by atoms with Gasteiger partial charge >= 0.3 is 6.18 Å². The molecule has 0 aromatic heterocycles. The van der Waals surface area contributed by atoms with Gasteiger partial charge in [-0.2, -0.15) is 13.2 Å². The van der Waals surface area contributed by atoms with Gasteiger partial charge in [0.1, 0.15) is 0 Å². The Kier molecular flexibility index (Phi) is 5.23. The van der Waals surface area contributed by atoms with Crippen molar-refractivity contribution in [3.05, 3.63) is 52.5 Å². The molecule has 0 radical (unpaired) electrons. The van der Waals surface area contributed by atoms with Gasteiger partial charge in [0.25, 0.3) is 5.91 Å². The number of hydrogen-bond acceptors (Lipinski definition) is 3. The van der Waals surface area contributed by atoms with E-state index in [1.54, 1.807) is 0 Å². The summed E-state index contributed by atoms with van der Waals surface area (Å²) in [5.74, 6) is -0.324. The summed E-state index contributed by atoms with van der Waals surface area (Å²) in [4.78, 5) is 12.2. The number of alkyl halides is 3. The van der Waals surface area contributed by atoms with Crippen molar-refractivity contribution in [1.29, 1.82) is 0 Å². The number of benzene rings is 2. The van der Waals surface area contributed by atoms with Gasteiger partial charge in [-0.15, -0.1) is 0 Å². The molecule has 2 aromatic carbocycles. The van der Waals surface area contributed by atoms with Crippen LogP contribution in [0.5, 0.6) is 11.5 Å². The first-order valence-electron chi connectivity index (χ1n) is 6.67. The first kappa shape index (κ1) is 17.9. The number of ether oxygens (including phenoxy) is 2. The van der Waals surface area contributed by atoms with Gasteiger partial charge in [0.15, 0.2) is 11.5 Å². The zero-order valence-corrected chi connectivity index (χ0v) is 13.5. The summed E-state index contributed by atoms with van der Waals surface area (Å²) >= 11 is 6.03. The smallest absolute Gasteiger partial charge is 0.417 e. The standard InChI is InChI=1S/C16H13ClF3NO3/c1-23-13-7-11(17)12(8-14(13)24-2)21-15(22)9-5-3-4-6-10(9)16(18,19)20/h3-8H,1-2H3,(H,21,22). The monoisotopic (exact) mass is 359 g/mol. The normalized spacial score (nSPS) is 11.1. The van der Waals surface area contributed by atoms with E-state index in [-0.39, 0.29) is 16.5 Å². The van der Waals surface area contributed by atoms with Crippen molar-refractivity contribution in [2.75, 3.05) is 19.5 Å². The van der Waals surface area contributed by atoms with Crippen LogP contribution in [-0.4, -0.2) is 20.1 Å². The van der Waals surface area contributed by atoms with Crippen LogP contribution >= 0.6 is 11.6 Å². The van der Waals surface area contributed by atoms with E-state index in [9.17, 15) is 18.0 Å². The SMILES string of the molecule is COc1cc(Cl)c(NC(=O)c2ccccc2C(F)(F)F)cc1OC. The lowest BCUT2D eigenvalue weighted by Crippen LogP contribution is -2.18. The zero-order chi connectivity index (χ0) is 17.9. The van der Waals surface area contributed by atoms with Gasteiger partial charge in [0, 0.05) is 12.1 Å². The van der Waals surface area contributed by atoms with E-state index < -0.39 is 23.2 Å². The van der Waals surface area contributed by atoms with Crippen molar-refractivity contribution in [3.63, 3.8) is 0 Å². The third kappa shape index (κ3) is 3.73.